The zero-order valence-electron chi connectivity index (χ0n) is 7.98. The first-order valence-corrected chi connectivity index (χ1v) is 5.18. The van der Waals surface area contributed by atoms with Crippen LogP contribution in [0, 0.1) is 0 Å². The Morgan fingerprint density at radius 1 is 1.07 bits per heavy atom. The first kappa shape index (κ1) is 13.3. The second-order valence-corrected chi connectivity index (χ2v) is 3.82. The van der Waals surface area contributed by atoms with Gasteiger partial charge in [-0.25, -0.2) is 0 Å². The van der Waals surface area contributed by atoms with Crippen molar-refractivity contribution in [2.24, 2.45) is 0 Å². The average molecular weight is 220 g/mol. The van der Waals surface area contributed by atoms with Crippen LogP contribution in [0.1, 0.15) is 38.5 Å². The lowest BCUT2D eigenvalue weighted by molar-refractivity contribution is -0.137. The summed E-state index contributed by atoms with van der Waals surface area (Å²) in [6.45, 7) is 0. The van der Waals surface area contributed by atoms with E-state index in [-0.39, 0.29) is 6.42 Å². The van der Waals surface area contributed by atoms with Gasteiger partial charge in [-0.05, 0) is 12.8 Å². The fraction of sp³-hybridized carbons (Fsp3) is 0.778. The van der Waals surface area contributed by atoms with E-state index in [0.717, 1.165) is 19.3 Å². The van der Waals surface area contributed by atoms with Gasteiger partial charge in [0, 0.05) is 6.42 Å². The molecule has 0 amide bonds. The summed E-state index contributed by atoms with van der Waals surface area (Å²) < 4.78 is 0. The van der Waals surface area contributed by atoms with Crippen molar-refractivity contribution in [1.82, 2.24) is 0 Å². The van der Waals surface area contributed by atoms with Crippen LogP contribution < -0.4 is 0 Å². The van der Waals surface area contributed by atoms with E-state index in [4.69, 9.17) is 10.2 Å². The summed E-state index contributed by atoms with van der Waals surface area (Å²) in [6.07, 6.45) is 3.92. The van der Waals surface area contributed by atoms with Crippen LogP contribution in [0.5, 0.6) is 0 Å². The van der Waals surface area contributed by atoms with Crippen LogP contribution in [-0.2, 0) is 9.59 Å². The molecule has 82 valence electrons. The second-order valence-electron chi connectivity index (χ2n) is 3.20. The Morgan fingerprint density at radius 3 is 2.14 bits per heavy atom. The monoisotopic (exact) mass is 220 g/mol. The first-order valence-electron chi connectivity index (χ1n) is 4.66. The van der Waals surface area contributed by atoms with Crippen LogP contribution in [0.3, 0.4) is 0 Å². The van der Waals surface area contributed by atoms with Crippen molar-refractivity contribution >= 4 is 24.6 Å². The number of unbranched alkanes of at least 4 members (excludes halogenated alkanes) is 3. The molecule has 0 fully saturated rings. The van der Waals surface area contributed by atoms with Crippen molar-refractivity contribution in [3.63, 3.8) is 0 Å². The molecule has 1 atom stereocenters. The molecule has 0 saturated carbocycles. The number of hydrogen-bond acceptors (Lipinski definition) is 3. The lowest BCUT2D eigenvalue weighted by atomic mass is 10.1. The second kappa shape index (κ2) is 7.67. The standard InChI is InChI=1S/C9H16O4S/c10-8(11)6-4-2-1-3-5-7(14)9(12)13/h7,14H,1-6H2,(H,10,11)(H,12,13). The van der Waals surface area contributed by atoms with Gasteiger partial charge in [-0.2, -0.15) is 12.6 Å². The van der Waals surface area contributed by atoms with Gasteiger partial charge < -0.3 is 10.2 Å². The third-order valence-corrected chi connectivity index (χ3v) is 2.38. The van der Waals surface area contributed by atoms with Gasteiger partial charge >= 0.3 is 11.9 Å². The lowest BCUT2D eigenvalue weighted by Crippen LogP contribution is -2.12. The molecule has 0 aromatic rings. The minimum atomic E-state index is -0.890. The highest BCUT2D eigenvalue weighted by molar-refractivity contribution is 7.81. The van der Waals surface area contributed by atoms with E-state index < -0.39 is 17.2 Å². The Labute approximate surface area is 88.7 Å². The highest BCUT2D eigenvalue weighted by Crippen LogP contribution is 2.10. The molecule has 0 aliphatic heterocycles. The largest absolute Gasteiger partial charge is 0.481 e. The third-order valence-electron chi connectivity index (χ3n) is 1.90. The summed E-state index contributed by atoms with van der Waals surface area (Å²) in [6, 6.07) is 0. The molecule has 0 heterocycles. The molecule has 0 spiro atoms. The number of rotatable bonds is 8. The van der Waals surface area contributed by atoms with E-state index in [1.165, 1.54) is 0 Å². The van der Waals surface area contributed by atoms with E-state index in [9.17, 15) is 9.59 Å². The van der Waals surface area contributed by atoms with Crippen LogP contribution in [0.2, 0.25) is 0 Å². The minimum absolute atomic E-state index is 0.198. The van der Waals surface area contributed by atoms with Crippen LogP contribution >= 0.6 is 12.6 Å². The molecule has 0 aliphatic carbocycles. The fourth-order valence-electron chi connectivity index (χ4n) is 1.09. The van der Waals surface area contributed by atoms with Gasteiger partial charge in [0.2, 0.25) is 0 Å². The molecule has 4 nitrogen and oxygen atoms in total. The van der Waals surface area contributed by atoms with Gasteiger partial charge in [0.15, 0.2) is 0 Å². The van der Waals surface area contributed by atoms with E-state index in [2.05, 4.69) is 12.6 Å². The first-order chi connectivity index (χ1) is 6.54. The minimum Gasteiger partial charge on any atom is -0.481 e. The van der Waals surface area contributed by atoms with E-state index in [1.807, 2.05) is 0 Å². The molecule has 2 N–H and O–H groups in total. The maximum atomic E-state index is 10.4. The average Bonchev–Trinajstić information content (AvgIpc) is 2.09. The van der Waals surface area contributed by atoms with Crippen molar-refractivity contribution in [2.75, 3.05) is 0 Å². The predicted molar refractivity (Wildman–Crippen MR) is 55.7 cm³/mol. The summed E-state index contributed by atoms with van der Waals surface area (Å²) >= 11 is 3.89. The molecule has 0 aliphatic rings. The highest BCUT2D eigenvalue weighted by atomic mass is 32.1. The van der Waals surface area contributed by atoms with Gasteiger partial charge in [0.1, 0.15) is 0 Å². The van der Waals surface area contributed by atoms with Crippen molar-refractivity contribution in [3.8, 4) is 0 Å². The van der Waals surface area contributed by atoms with Crippen molar-refractivity contribution < 1.29 is 19.8 Å². The third kappa shape index (κ3) is 7.91. The summed E-state index contributed by atoms with van der Waals surface area (Å²) in [4.78, 5) is 20.5. The molecular formula is C9H16O4S. The SMILES string of the molecule is O=C(O)CCCCCCC(S)C(=O)O. The maximum Gasteiger partial charge on any atom is 0.316 e. The number of carboxylic acids is 2. The Balaban J connectivity index is 3.21. The number of thiol groups is 1. The number of hydrogen-bond donors (Lipinski definition) is 3. The summed E-state index contributed by atoms with van der Waals surface area (Å²) in [7, 11) is 0. The van der Waals surface area contributed by atoms with Crippen LogP contribution in [0.4, 0.5) is 0 Å². The molecule has 5 heteroatoms. The molecule has 0 aromatic heterocycles. The van der Waals surface area contributed by atoms with E-state index in [0.29, 0.717) is 12.8 Å². The Hall–Kier alpha value is -0.710. The summed E-state index contributed by atoms with van der Waals surface area (Å²) in [5.74, 6) is -1.67. The number of aliphatic carboxylic acids is 2. The Kier molecular flexibility index (Phi) is 7.28. The zero-order chi connectivity index (χ0) is 11.0. The van der Waals surface area contributed by atoms with Crippen molar-refractivity contribution in [2.45, 2.75) is 43.8 Å². The molecule has 0 bridgehead atoms. The maximum absolute atomic E-state index is 10.4. The van der Waals surface area contributed by atoms with Crippen LogP contribution in [0.25, 0.3) is 0 Å². The molecule has 14 heavy (non-hydrogen) atoms. The molecule has 0 radical (unpaired) electrons. The normalized spacial score (nSPS) is 12.4. The van der Waals surface area contributed by atoms with Gasteiger partial charge in [-0.3, -0.25) is 9.59 Å². The Morgan fingerprint density at radius 2 is 1.64 bits per heavy atom. The molecule has 0 saturated heterocycles. The van der Waals surface area contributed by atoms with E-state index >= 15 is 0 Å². The highest BCUT2D eigenvalue weighted by Gasteiger charge is 2.10. The van der Waals surface area contributed by atoms with E-state index in [1.54, 1.807) is 0 Å². The molecule has 0 rings (SSSR count). The molecule has 1 unspecified atom stereocenters. The fourth-order valence-corrected chi connectivity index (χ4v) is 1.27. The summed E-state index contributed by atoms with van der Waals surface area (Å²) in [5, 5.41) is 16.3. The van der Waals surface area contributed by atoms with Gasteiger partial charge in [-0.15, -0.1) is 0 Å². The summed E-state index contributed by atoms with van der Waals surface area (Å²) in [5.41, 5.74) is 0. The van der Waals surface area contributed by atoms with Crippen LogP contribution in [-0.4, -0.2) is 27.4 Å². The van der Waals surface area contributed by atoms with Gasteiger partial charge in [0.25, 0.3) is 0 Å². The zero-order valence-corrected chi connectivity index (χ0v) is 8.87. The molecule has 0 aromatic carbocycles. The van der Waals surface area contributed by atoms with Crippen molar-refractivity contribution in [3.05, 3.63) is 0 Å². The molecular weight excluding hydrogens is 204 g/mol. The van der Waals surface area contributed by atoms with Crippen molar-refractivity contribution in [1.29, 1.82) is 0 Å². The number of carbonyl (C=O) groups is 2. The Bertz CT molecular complexity index is 193. The van der Waals surface area contributed by atoms with Crippen LogP contribution in [0.15, 0.2) is 0 Å². The topological polar surface area (TPSA) is 74.6 Å². The lowest BCUT2D eigenvalue weighted by Gasteiger charge is -2.04. The smallest absolute Gasteiger partial charge is 0.316 e. The van der Waals surface area contributed by atoms with Gasteiger partial charge in [0.05, 0.1) is 5.25 Å². The van der Waals surface area contributed by atoms with Gasteiger partial charge in [-0.1, -0.05) is 19.3 Å². The number of carboxylic acid groups (broad SMARTS) is 2. The predicted octanol–water partition coefficient (Wildman–Crippen LogP) is 1.79. The quantitative estimate of drug-likeness (QED) is 0.430.